The van der Waals surface area contributed by atoms with E-state index < -0.39 is 0 Å². The van der Waals surface area contributed by atoms with Crippen LogP contribution in [0.2, 0.25) is 5.28 Å². The number of rotatable bonds is 3. The van der Waals surface area contributed by atoms with Gasteiger partial charge in [-0.1, -0.05) is 0 Å². The van der Waals surface area contributed by atoms with Crippen LogP contribution in [0.5, 0.6) is 0 Å². The lowest BCUT2D eigenvalue weighted by Gasteiger charge is -2.25. The molecule has 3 rings (SSSR count). The Labute approximate surface area is 114 Å². The molecule has 18 heavy (non-hydrogen) atoms. The first-order chi connectivity index (χ1) is 8.79. The summed E-state index contributed by atoms with van der Waals surface area (Å²) < 4.78 is 1.09. The summed E-state index contributed by atoms with van der Waals surface area (Å²) in [4.78, 5) is 10.9. The van der Waals surface area contributed by atoms with Crippen molar-refractivity contribution in [1.29, 1.82) is 0 Å². The number of anilines is 1. The molecular formula is C12H14ClN3OS. The van der Waals surface area contributed by atoms with Crippen LogP contribution >= 0.6 is 22.9 Å². The number of aliphatic hydroxyl groups is 1. The zero-order valence-electron chi connectivity index (χ0n) is 9.84. The van der Waals surface area contributed by atoms with Gasteiger partial charge in [-0.05, 0) is 42.3 Å². The molecule has 6 heteroatoms. The largest absolute Gasteiger partial charge is 0.396 e. The maximum absolute atomic E-state index is 9.14. The van der Waals surface area contributed by atoms with E-state index in [0.717, 1.165) is 41.8 Å². The molecule has 0 aliphatic carbocycles. The van der Waals surface area contributed by atoms with Crippen molar-refractivity contribution in [2.75, 3.05) is 18.1 Å². The summed E-state index contributed by atoms with van der Waals surface area (Å²) in [7, 11) is 0. The van der Waals surface area contributed by atoms with Gasteiger partial charge in [0.1, 0.15) is 0 Å². The molecule has 0 amide bonds. The number of fused-ring (bicyclic) bond motifs is 1. The number of hydrogen-bond donors (Lipinski definition) is 1. The maximum atomic E-state index is 9.14. The SMILES string of the molecule is OCCC1CCCN1c1nc(Cl)nc2ccsc12. The highest BCUT2D eigenvalue weighted by Crippen LogP contribution is 2.34. The smallest absolute Gasteiger partial charge is 0.224 e. The molecule has 96 valence electrons. The second-order valence-electron chi connectivity index (χ2n) is 4.45. The standard InChI is InChI=1S/C12H14ClN3OS/c13-12-14-9-4-7-18-10(9)11(15-12)16-5-1-2-8(16)3-6-17/h4,7-8,17H,1-3,5-6H2. The van der Waals surface area contributed by atoms with E-state index in [1.54, 1.807) is 11.3 Å². The Morgan fingerprint density at radius 3 is 3.22 bits per heavy atom. The quantitative estimate of drug-likeness (QED) is 0.880. The summed E-state index contributed by atoms with van der Waals surface area (Å²) in [6.07, 6.45) is 3.03. The highest BCUT2D eigenvalue weighted by atomic mass is 35.5. The van der Waals surface area contributed by atoms with Gasteiger partial charge in [-0.3, -0.25) is 0 Å². The van der Waals surface area contributed by atoms with Crippen molar-refractivity contribution in [3.63, 3.8) is 0 Å². The lowest BCUT2D eigenvalue weighted by molar-refractivity contribution is 0.275. The monoisotopic (exact) mass is 283 g/mol. The molecule has 0 radical (unpaired) electrons. The zero-order valence-corrected chi connectivity index (χ0v) is 11.4. The zero-order chi connectivity index (χ0) is 12.5. The molecule has 3 heterocycles. The second kappa shape index (κ2) is 4.99. The van der Waals surface area contributed by atoms with Gasteiger partial charge in [-0.2, -0.15) is 4.98 Å². The molecule has 1 unspecified atom stereocenters. The van der Waals surface area contributed by atoms with Gasteiger partial charge in [0.2, 0.25) is 5.28 Å². The second-order valence-corrected chi connectivity index (χ2v) is 5.71. The van der Waals surface area contributed by atoms with Crippen molar-refractivity contribution in [2.45, 2.75) is 25.3 Å². The lowest BCUT2D eigenvalue weighted by Crippen LogP contribution is -2.30. The number of halogens is 1. The molecule has 1 fully saturated rings. The molecule has 0 aromatic carbocycles. The summed E-state index contributed by atoms with van der Waals surface area (Å²) in [5, 5.41) is 11.4. The molecule has 1 aliphatic rings. The third-order valence-corrected chi connectivity index (χ3v) is 4.44. The van der Waals surface area contributed by atoms with E-state index in [1.165, 1.54) is 0 Å². The topological polar surface area (TPSA) is 49.2 Å². The molecule has 1 aliphatic heterocycles. The lowest BCUT2D eigenvalue weighted by atomic mass is 10.1. The normalized spacial score (nSPS) is 19.9. The molecule has 1 N–H and O–H groups in total. The first-order valence-corrected chi connectivity index (χ1v) is 7.33. The van der Waals surface area contributed by atoms with Crippen LogP contribution in [0.1, 0.15) is 19.3 Å². The maximum Gasteiger partial charge on any atom is 0.224 e. The minimum absolute atomic E-state index is 0.216. The molecule has 1 atom stereocenters. The van der Waals surface area contributed by atoms with Gasteiger partial charge < -0.3 is 10.0 Å². The van der Waals surface area contributed by atoms with E-state index >= 15 is 0 Å². The van der Waals surface area contributed by atoms with Gasteiger partial charge >= 0.3 is 0 Å². The van der Waals surface area contributed by atoms with E-state index in [0.29, 0.717) is 11.3 Å². The first kappa shape index (κ1) is 12.1. The van der Waals surface area contributed by atoms with Gasteiger partial charge in [-0.25, -0.2) is 4.98 Å². The molecule has 4 nitrogen and oxygen atoms in total. The first-order valence-electron chi connectivity index (χ1n) is 6.08. The van der Waals surface area contributed by atoms with Gasteiger partial charge in [0.05, 0.1) is 10.2 Å². The third kappa shape index (κ3) is 2.06. The molecule has 1 saturated heterocycles. The Morgan fingerprint density at radius 2 is 2.39 bits per heavy atom. The number of aromatic nitrogens is 2. The van der Waals surface area contributed by atoms with Crippen molar-refractivity contribution in [3.05, 3.63) is 16.7 Å². The van der Waals surface area contributed by atoms with Crippen molar-refractivity contribution in [3.8, 4) is 0 Å². The fourth-order valence-electron chi connectivity index (χ4n) is 2.58. The van der Waals surface area contributed by atoms with Crippen LogP contribution < -0.4 is 4.90 Å². The van der Waals surface area contributed by atoms with E-state index in [9.17, 15) is 0 Å². The fraction of sp³-hybridized carbons (Fsp3) is 0.500. The van der Waals surface area contributed by atoms with Gasteiger partial charge in [-0.15, -0.1) is 11.3 Å². The summed E-state index contributed by atoms with van der Waals surface area (Å²) in [5.41, 5.74) is 0.907. The Balaban J connectivity index is 2.04. The van der Waals surface area contributed by atoms with Crippen LogP contribution in [-0.4, -0.2) is 34.3 Å². The van der Waals surface area contributed by atoms with Crippen molar-refractivity contribution in [1.82, 2.24) is 9.97 Å². The van der Waals surface area contributed by atoms with Gasteiger partial charge in [0, 0.05) is 19.2 Å². The highest BCUT2D eigenvalue weighted by molar-refractivity contribution is 7.17. The van der Waals surface area contributed by atoms with Gasteiger partial charge in [0.15, 0.2) is 5.82 Å². The van der Waals surface area contributed by atoms with Crippen molar-refractivity contribution < 1.29 is 5.11 Å². The molecule has 0 spiro atoms. The summed E-state index contributed by atoms with van der Waals surface area (Å²) in [6, 6.07) is 2.33. The molecule has 2 aromatic heterocycles. The number of nitrogens with zero attached hydrogens (tertiary/aromatic N) is 3. The van der Waals surface area contributed by atoms with Crippen molar-refractivity contribution >= 4 is 39.0 Å². The predicted octanol–water partition coefficient (Wildman–Crippen LogP) is 2.70. The third-order valence-electron chi connectivity index (χ3n) is 3.37. The molecule has 2 aromatic rings. The Kier molecular flexibility index (Phi) is 3.37. The van der Waals surface area contributed by atoms with Crippen molar-refractivity contribution in [2.24, 2.45) is 0 Å². The van der Waals surface area contributed by atoms with Crippen LogP contribution in [0.15, 0.2) is 11.4 Å². The number of aliphatic hydroxyl groups excluding tert-OH is 1. The Morgan fingerprint density at radius 1 is 1.50 bits per heavy atom. The molecular weight excluding hydrogens is 270 g/mol. The predicted molar refractivity (Wildman–Crippen MR) is 74.5 cm³/mol. The Bertz CT molecular complexity index is 559. The minimum Gasteiger partial charge on any atom is -0.396 e. The minimum atomic E-state index is 0.216. The number of hydrogen-bond acceptors (Lipinski definition) is 5. The summed E-state index contributed by atoms with van der Waals surface area (Å²) in [6.45, 7) is 1.19. The van der Waals surface area contributed by atoms with Crippen LogP contribution in [0.4, 0.5) is 5.82 Å². The summed E-state index contributed by atoms with van der Waals surface area (Å²) >= 11 is 7.63. The Hall–Kier alpha value is -0.910. The number of thiophene rings is 1. The van der Waals surface area contributed by atoms with Crippen LogP contribution in [0, 0.1) is 0 Å². The van der Waals surface area contributed by atoms with E-state index in [4.69, 9.17) is 16.7 Å². The van der Waals surface area contributed by atoms with Crippen LogP contribution in [0.25, 0.3) is 10.2 Å². The van der Waals surface area contributed by atoms with E-state index in [2.05, 4.69) is 14.9 Å². The van der Waals surface area contributed by atoms with E-state index in [-0.39, 0.29) is 6.61 Å². The van der Waals surface area contributed by atoms with Crippen LogP contribution in [0.3, 0.4) is 0 Å². The van der Waals surface area contributed by atoms with E-state index in [1.807, 2.05) is 11.4 Å². The average molecular weight is 284 g/mol. The molecule has 0 bridgehead atoms. The summed E-state index contributed by atoms with van der Waals surface area (Å²) in [5.74, 6) is 0.927. The van der Waals surface area contributed by atoms with Gasteiger partial charge in [0.25, 0.3) is 0 Å². The average Bonchev–Trinajstić information content (AvgIpc) is 2.96. The van der Waals surface area contributed by atoms with Crippen LogP contribution in [-0.2, 0) is 0 Å². The fourth-order valence-corrected chi connectivity index (χ4v) is 3.59. The highest BCUT2D eigenvalue weighted by Gasteiger charge is 2.27. The molecule has 0 saturated carbocycles.